The maximum Gasteiger partial charge on any atom is 0.302 e. The van der Waals surface area contributed by atoms with Gasteiger partial charge in [-0.1, -0.05) is 6.07 Å². The number of ether oxygens (including phenoxy) is 4. The van der Waals surface area contributed by atoms with Crippen molar-refractivity contribution in [2.24, 2.45) is 0 Å². The van der Waals surface area contributed by atoms with Crippen molar-refractivity contribution in [2.45, 2.75) is 82.7 Å². The van der Waals surface area contributed by atoms with Gasteiger partial charge in [0.15, 0.2) is 23.0 Å². The number of methoxy groups -OCH3 is 1. The molecule has 0 amide bonds. The van der Waals surface area contributed by atoms with E-state index >= 15 is 0 Å². The molecular weight excluding hydrogens is 452 g/mol. The summed E-state index contributed by atoms with van der Waals surface area (Å²) in [6.45, 7) is 1.39. The molecule has 8 nitrogen and oxygen atoms in total. The lowest BCUT2D eigenvalue weighted by Gasteiger charge is -2.35. The summed E-state index contributed by atoms with van der Waals surface area (Å²) in [5.74, 6) is -0.137. The summed E-state index contributed by atoms with van der Waals surface area (Å²) in [5, 5.41) is 30.6. The number of esters is 1. The second kappa shape index (κ2) is 11.1. The fourth-order valence-corrected chi connectivity index (χ4v) is 4.98. The minimum atomic E-state index is -0.440. The molecule has 1 aliphatic heterocycles. The number of benzene rings is 2. The van der Waals surface area contributed by atoms with Gasteiger partial charge in [-0.2, -0.15) is 0 Å². The molecule has 1 heterocycles. The predicted octanol–water partition coefficient (Wildman–Crippen LogP) is 4.92. The zero-order valence-corrected chi connectivity index (χ0v) is 20.2. The summed E-state index contributed by atoms with van der Waals surface area (Å²) in [6, 6.07) is 8.44. The van der Waals surface area contributed by atoms with E-state index in [0.717, 1.165) is 31.2 Å². The minimum absolute atomic E-state index is 0.0201. The summed E-state index contributed by atoms with van der Waals surface area (Å²) in [4.78, 5) is 11.7. The molecule has 0 aromatic heterocycles. The van der Waals surface area contributed by atoms with Crippen LogP contribution >= 0.6 is 0 Å². The largest absolute Gasteiger partial charge is 0.504 e. The van der Waals surface area contributed by atoms with E-state index in [1.54, 1.807) is 18.2 Å². The molecule has 1 aliphatic carbocycles. The highest BCUT2D eigenvalue weighted by Gasteiger charge is 2.33. The Labute approximate surface area is 205 Å². The molecule has 8 heteroatoms. The lowest BCUT2D eigenvalue weighted by atomic mass is 9.92. The Hall–Kier alpha value is -3.13. The van der Waals surface area contributed by atoms with E-state index in [1.165, 1.54) is 20.1 Å². The van der Waals surface area contributed by atoms with Crippen LogP contribution < -0.4 is 9.47 Å². The Kier molecular flexibility index (Phi) is 7.90. The van der Waals surface area contributed by atoms with Gasteiger partial charge in [0, 0.05) is 19.8 Å². The molecule has 2 aromatic carbocycles. The molecule has 190 valence electrons. The minimum Gasteiger partial charge on any atom is -0.504 e. The number of rotatable bonds is 8. The third-order valence-electron chi connectivity index (χ3n) is 6.74. The predicted molar refractivity (Wildman–Crippen MR) is 128 cm³/mol. The van der Waals surface area contributed by atoms with E-state index in [0.29, 0.717) is 37.0 Å². The summed E-state index contributed by atoms with van der Waals surface area (Å²) < 4.78 is 23.1. The molecule has 1 saturated carbocycles. The van der Waals surface area contributed by atoms with Crippen molar-refractivity contribution >= 4 is 5.97 Å². The number of aromatic hydroxyl groups is 3. The van der Waals surface area contributed by atoms with Crippen LogP contribution in [0.15, 0.2) is 30.3 Å². The number of carbonyl (C=O) groups excluding carboxylic acids is 1. The van der Waals surface area contributed by atoms with E-state index in [1.807, 2.05) is 6.07 Å². The van der Waals surface area contributed by atoms with E-state index in [9.17, 15) is 20.1 Å². The second-order valence-corrected chi connectivity index (χ2v) is 9.41. The first kappa shape index (κ1) is 25.0. The van der Waals surface area contributed by atoms with Gasteiger partial charge < -0.3 is 34.3 Å². The Morgan fingerprint density at radius 1 is 1.00 bits per heavy atom. The Morgan fingerprint density at radius 2 is 1.77 bits per heavy atom. The van der Waals surface area contributed by atoms with Crippen LogP contribution in [0.5, 0.6) is 28.7 Å². The van der Waals surface area contributed by atoms with Crippen molar-refractivity contribution in [1.29, 1.82) is 0 Å². The lowest BCUT2D eigenvalue weighted by molar-refractivity contribution is -0.160. The first-order chi connectivity index (χ1) is 16.8. The van der Waals surface area contributed by atoms with Crippen molar-refractivity contribution in [2.75, 3.05) is 7.11 Å². The van der Waals surface area contributed by atoms with Crippen molar-refractivity contribution in [3.63, 3.8) is 0 Å². The fourth-order valence-electron chi connectivity index (χ4n) is 4.98. The van der Waals surface area contributed by atoms with Crippen LogP contribution in [0.3, 0.4) is 0 Å². The maximum absolute atomic E-state index is 11.7. The van der Waals surface area contributed by atoms with Crippen molar-refractivity contribution in [1.82, 2.24) is 0 Å². The molecular formula is C27H34O8. The average molecular weight is 487 g/mol. The Balaban J connectivity index is 1.51. The molecule has 4 rings (SSSR count). The monoisotopic (exact) mass is 486 g/mol. The molecule has 2 aromatic rings. The highest BCUT2D eigenvalue weighted by Crippen LogP contribution is 2.43. The van der Waals surface area contributed by atoms with Crippen LogP contribution in [0.2, 0.25) is 0 Å². The molecule has 2 fully saturated rings. The van der Waals surface area contributed by atoms with Gasteiger partial charge in [0.2, 0.25) is 5.75 Å². The lowest BCUT2D eigenvalue weighted by Crippen LogP contribution is -2.34. The number of phenolic OH excluding ortho intramolecular Hbond substituents is 3. The van der Waals surface area contributed by atoms with E-state index in [-0.39, 0.29) is 47.3 Å². The van der Waals surface area contributed by atoms with Gasteiger partial charge in [0.05, 0.1) is 25.4 Å². The summed E-state index contributed by atoms with van der Waals surface area (Å²) in [7, 11) is 1.51. The molecule has 0 radical (unpaired) electrons. The van der Waals surface area contributed by atoms with Crippen LogP contribution in [0, 0.1) is 0 Å². The van der Waals surface area contributed by atoms with Crippen LogP contribution in [0.1, 0.15) is 69.1 Å². The average Bonchev–Trinajstić information content (AvgIpc) is 3.34. The Morgan fingerprint density at radius 3 is 2.49 bits per heavy atom. The molecule has 3 N–H and O–H groups in total. The number of hydrogen-bond acceptors (Lipinski definition) is 8. The fraction of sp³-hybridized carbons (Fsp3) is 0.519. The SMILES string of the molecule is COc1cc(CC[C@H]2C[C@H](OC(C)=O)C[C@@H](c3cc(O)c(O)c(OC4CCCC4)c3)O2)ccc1O. The first-order valence-corrected chi connectivity index (χ1v) is 12.2. The highest BCUT2D eigenvalue weighted by molar-refractivity contribution is 5.66. The summed E-state index contributed by atoms with van der Waals surface area (Å²) >= 11 is 0. The normalized spacial score (nSPS) is 22.6. The van der Waals surface area contributed by atoms with Gasteiger partial charge in [-0.25, -0.2) is 0 Å². The molecule has 35 heavy (non-hydrogen) atoms. The molecule has 2 aliphatic rings. The van der Waals surface area contributed by atoms with E-state index < -0.39 is 6.10 Å². The van der Waals surface area contributed by atoms with Crippen LogP contribution in [0.4, 0.5) is 0 Å². The van der Waals surface area contributed by atoms with Gasteiger partial charge in [0.25, 0.3) is 0 Å². The third kappa shape index (κ3) is 6.31. The van der Waals surface area contributed by atoms with Crippen LogP contribution in [-0.4, -0.2) is 46.7 Å². The van der Waals surface area contributed by atoms with E-state index in [4.69, 9.17) is 18.9 Å². The summed E-state index contributed by atoms with van der Waals surface area (Å²) in [6.07, 6.45) is 5.40. The van der Waals surface area contributed by atoms with Gasteiger partial charge in [-0.15, -0.1) is 0 Å². The number of hydrogen-bond donors (Lipinski definition) is 3. The molecule has 1 saturated heterocycles. The molecule has 0 unspecified atom stereocenters. The third-order valence-corrected chi connectivity index (χ3v) is 6.74. The highest BCUT2D eigenvalue weighted by atomic mass is 16.6. The van der Waals surface area contributed by atoms with Gasteiger partial charge in [0.1, 0.15) is 6.10 Å². The second-order valence-electron chi connectivity index (χ2n) is 9.41. The summed E-state index contributed by atoms with van der Waals surface area (Å²) in [5.41, 5.74) is 1.66. The van der Waals surface area contributed by atoms with Gasteiger partial charge in [-0.3, -0.25) is 4.79 Å². The molecule has 0 bridgehead atoms. The van der Waals surface area contributed by atoms with Gasteiger partial charge >= 0.3 is 5.97 Å². The molecule has 3 atom stereocenters. The number of carbonyl (C=O) groups is 1. The van der Waals surface area contributed by atoms with Crippen LogP contribution in [-0.2, 0) is 20.7 Å². The standard InChI is InChI=1S/C27H34O8/c1-16(28)33-21-14-20(9-7-17-8-10-22(29)25(11-17)32-2)35-24(15-21)18-12-23(30)27(31)26(13-18)34-19-5-3-4-6-19/h8,10-13,19-21,24,29-31H,3-7,9,14-15H2,1-2H3/t20-,21-,24-/m0/s1. The van der Waals surface area contributed by atoms with Crippen molar-refractivity contribution < 1.29 is 39.1 Å². The zero-order valence-electron chi connectivity index (χ0n) is 20.2. The van der Waals surface area contributed by atoms with E-state index in [2.05, 4.69) is 0 Å². The van der Waals surface area contributed by atoms with Gasteiger partial charge in [-0.05, 0) is 73.9 Å². The Bertz CT molecular complexity index is 1030. The quantitative estimate of drug-likeness (QED) is 0.356. The van der Waals surface area contributed by atoms with Crippen molar-refractivity contribution in [3.8, 4) is 28.7 Å². The first-order valence-electron chi connectivity index (χ1n) is 12.2. The topological polar surface area (TPSA) is 115 Å². The number of aryl methyl sites for hydroxylation is 1. The van der Waals surface area contributed by atoms with Crippen LogP contribution in [0.25, 0.3) is 0 Å². The maximum atomic E-state index is 11.7. The van der Waals surface area contributed by atoms with Crippen molar-refractivity contribution in [3.05, 3.63) is 41.5 Å². The number of phenols is 3. The molecule has 0 spiro atoms. The smallest absolute Gasteiger partial charge is 0.302 e. The zero-order chi connectivity index (χ0) is 24.9.